The Morgan fingerprint density at radius 2 is 0.591 bits per heavy atom. The Hall–Kier alpha value is 0.574. The van der Waals surface area contributed by atoms with E-state index in [0.29, 0.717) is 0 Å². The zero-order valence-corrected chi connectivity index (χ0v) is 20.3. The van der Waals surface area contributed by atoms with Crippen molar-refractivity contribution in [1.29, 1.82) is 0 Å². The number of hydrogen-bond donors (Lipinski definition) is 0. The summed E-state index contributed by atoms with van der Waals surface area (Å²) in [5, 5.41) is 0.00704. The average molecular weight is 380 g/mol. The predicted molar refractivity (Wildman–Crippen MR) is 110 cm³/mol. The lowest BCUT2D eigenvalue weighted by Crippen LogP contribution is -2.49. The average Bonchev–Trinajstić information content (AvgIpc) is 2.18. The molecule has 0 atom stereocenters. The Morgan fingerprint density at radius 1 is 0.455 bits per heavy atom. The summed E-state index contributed by atoms with van der Waals surface area (Å²) in [5.41, 5.74) is 7.23. The normalized spacial score (nSPS) is 15.4. The first-order valence-corrected chi connectivity index (χ1v) is 14.2. The van der Waals surface area contributed by atoms with E-state index in [-0.39, 0.29) is 20.2 Å². The highest BCUT2D eigenvalue weighted by Gasteiger charge is 2.55. The molecule has 130 valence electrons. The second-order valence-corrected chi connectivity index (χ2v) is 23.1. The molecule has 0 N–H and O–H groups in total. The molecule has 0 heterocycles. The van der Waals surface area contributed by atoms with Gasteiger partial charge in [-0.3, -0.25) is 0 Å². The summed E-state index contributed by atoms with van der Waals surface area (Å²) in [7, 11) is -4.72. The minimum absolute atomic E-state index is 0.00176. The van der Waals surface area contributed by atoms with Crippen LogP contribution in [0.2, 0.25) is 20.2 Å². The lowest BCUT2D eigenvalue weighted by molar-refractivity contribution is 0.643. The van der Waals surface area contributed by atoms with Crippen LogP contribution in [0.15, 0.2) is 0 Å². The highest BCUT2D eigenvalue weighted by Crippen LogP contribution is 2.55. The molecule has 0 rings (SSSR count). The van der Waals surface area contributed by atoms with Gasteiger partial charge in [-0.25, -0.2) is 0 Å². The van der Waals surface area contributed by atoms with Gasteiger partial charge >= 0.3 is 0 Å². The molecule has 4 heteroatoms. The maximum atomic E-state index is 7.23. The van der Waals surface area contributed by atoms with Crippen LogP contribution in [0.3, 0.4) is 0 Å². The molecule has 0 nitrogen and oxygen atoms in total. The highest BCUT2D eigenvalue weighted by atomic mass is 35.6. The van der Waals surface area contributed by atoms with E-state index in [0.717, 1.165) is 0 Å². The fourth-order valence-electron chi connectivity index (χ4n) is 3.17. The van der Waals surface area contributed by atoms with E-state index in [2.05, 4.69) is 94.2 Å². The molecule has 22 heavy (non-hydrogen) atoms. The predicted octanol–water partition coefficient (Wildman–Crippen LogP) is 7.64. The SMILES string of the molecule is CC(C)(C)[Si](Cl)(C#C[Si](Cl)(C(C)(C)C)C(C)(C)C)C(C)(C)C. The van der Waals surface area contributed by atoms with Gasteiger partial charge in [0.15, 0.2) is 0 Å². The van der Waals surface area contributed by atoms with Crippen molar-refractivity contribution >= 4 is 36.9 Å². The molecule has 0 unspecified atom stereocenters. The van der Waals surface area contributed by atoms with Gasteiger partial charge in [-0.15, -0.1) is 33.2 Å². The van der Waals surface area contributed by atoms with Crippen molar-refractivity contribution < 1.29 is 0 Å². The Balaban J connectivity index is 6.34. The van der Waals surface area contributed by atoms with Gasteiger partial charge in [0.25, 0.3) is 0 Å². The first kappa shape index (κ1) is 22.6. The van der Waals surface area contributed by atoms with Crippen molar-refractivity contribution in [2.75, 3.05) is 0 Å². The molecule has 0 spiro atoms. The highest BCUT2D eigenvalue weighted by molar-refractivity contribution is 7.31. The molecule has 0 aliphatic heterocycles. The van der Waals surface area contributed by atoms with Crippen LogP contribution in [-0.2, 0) is 0 Å². The van der Waals surface area contributed by atoms with Crippen LogP contribution in [0.1, 0.15) is 83.1 Å². The van der Waals surface area contributed by atoms with Gasteiger partial charge < -0.3 is 0 Å². The van der Waals surface area contributed by atoms with Gasteiger partial charge in [0, 0.05) is 0 Å². The molecule has 0 saturated carbocycles. The van der Waals surface area contributed by atoms with Crippen molar-refractivity contribution in [3.8, 4) is 11.1 Å². The molecule has 0 aromatic heterocycles. The van der Waals surface area contributed by atoms with Crippen molar-refractivity contribution in [1.82, 2.24) is 0 Å². The third-order valence-corrected chi connectivity index (χ3v) is 21.4. The van der Waals surface area contributed by atoms with Gasteiger partial charge in [-0.05, 0) is 20.2 Å². The summed E-state index contributed by atoms with van der Waals surface area (Å²) in [6.45, 7) is 26.6. The third-order valence-electron chi connectivity index (χ3n) is 4.54. The molecule has 0 amide bonds. The molecule has 0 aromatic carbocycles. The molecule has 0 aliphatic rings. The molecule has 0 aliphatic carbocycles. The standard InChI is InChI=1S/C18H36Cl2Si2/c1-15(2,3)21(19,16(4,5)6)13-14-22(20,17(7,8)9)18(10,11)12/h1-12H3. The lowest BCUT2D eigenvalue weighted by Gasteiger charge is -2.45. The van der Waals surface area contributed by atoms with E-state index in [1.165, 1.54) is 0 Å². The van der Waals surface area contributed by atoms with Crippen molar-refractivity contribution in [3.05, 3.63) is 0 Å². The first-order chi connectivity index (χ1) is 9.21. The van der Waals surface area contributed by atoms with Crippen LogP contribution >= 0.6 is 22.2 Å². The Morgan fingerprint density at radius 3 is 0.682 bits per heavy atom. The zero-order valence-electron chi connectivity index (χ0n) is 16.8. The van der Waals surface area contributed by atoms with Crippen molar-refractivity contribution in [2.45, 2.75) is 103 Å². The monoisotopic (exact) mass is 378 g/mol. The molecule has 0 saturated heterocycles. The van der Waals surface area contributed by atoms with E-state index in [1.807, 2.05) is 0 Å². The van der Waals surface area contributed by atoms with Crippen LogP contribution in [0.5, 0.6) is 0 Å². The van der Waals surface area contributed by atoms with Crippen molar-refractivity contribution in [3.63, 3.8) is 0 Å². The summed E-state index contributed by atoms with van der Waals surface area (Å²) in [6.07, 6.45) is 0. The first-order valence-electron chi connectivity index (χ1n) is 8.13. The molecule has 0 fully saturated rings. The second-order valence-electron chi connectivity index (χ2n) is 10.6. The summed E-state index contributed by atoms with van der Waals surface area (Å²) in [4.78, 5) is 0. The van der Waals surface area contributed by atoms with E-state index in [1.54, 1.807) is 0 Å². The topological polar surface area (TPSA) is 0 Å². The fraction of sp³-hybridized carbons (Fsp3) is 0.889. The third kappa shape index (κ3) is 4.15. The van der Waals surface area contributed by atoms with Gasteiger partial charge in [0.1, 0.15) is 0 Å². The van der Waals surface area contributed by atoms with Crippen LogP contribution in [0, 0.1) is 11.1 Å². The van der Waals surface area contributed by atoms with Crippen LogP contribution in [-0.4, -0.2) is 14.8 Å². The quantitative estimate of drug-likeness (QED) is 0.230. The number of rotatable bonds is 0. The minimum Gasteiger partial charge on any atom is -0.149 e. The summed E-state index contributed by atoms with van der Waals surface area (Å²) < 4.78 is 0. The maximum Gasteiger partial charge on any atom is 0.243 e. The van der Waals surface area contributed by atoms with Gasteiger partial charge in [-0.1, -0.05) is 83.1 Å². The van der Waals surface area contributed by atoms with E-state index in [4.69, 9.17) is 22.2 Å². The fourth-order valence-corrected chi connectivity index (χ4v) is 11.4. The molecular weight excluding hydrogens is 343 g/mol. The maximum absolute atomic E-state index is 7.23. The zero-order chi connectivity index (χ0) is 18.4. The molecule has 0 bridgehead atoms. The minimum atomic E-state index is -2.36. The van der Waals surface area contributed by atoms with E-state index < -0.39 is 14.8 Å². The Labute approximate surface area is 151 Å². The molecule has 0 aromatic rings. The van der Waals surface area contributed by atoms with Gasteiger partial charge in [0.05, 0.1) is 0 Å². The van der Waals surface area contributed by atoms with Crippen LogP contribution in [0.4, 0.5) is 0 Å². The van der Waals surface area contributed by atoms with Crippen LogP contribution < -0.4 is 0 Å². The smallest absolute Gasteiger partial charge is 0.149 e. The van der Waals surface area contributed by atoms with Crippen LogP contribution in [0.25, 0.3) is 0 Å². The second kappa shape index (κ2) is 6.14. The number of halogens is 2. The summed E-state index contributed by atoms with van der Waals surface area (Å²) in [6, 6.07) is 0. The summed E-state index contributed by atoms with van der Waals surface area (Å²) >= 11 is 14.5. The Kier molecular flexibility index (Phi) is 6.30. The number of hydrogen-bond acceptors (Lipinski definition) is 0. The van der Waals surface area contributed by atoms with Crippen molar-refractivity contribution in [2.24, 2.45) is 0 Å². The van der Waals surface area contributed by atoms with E-state index >= 15 is 0 Å². The molecular formula is C18H36Cl2Si2. The lowest BCUT2D eigenvalue weighted by atomic mass is 10.2. The van der Waals surface area contributed by atoms with Gasteiger partial charge in [-0.2, -0.15) is 0 Å². The molecule has 0 radical (unpaired) electrons. The van der Waals surface area contributed by atoms with Gasteiger partial charge in [0.2, 0.25) is 14.8 Å². The largest absolute Gasteiger partial charge is 0.243 e. The van der Waals surface area contributed by atoms with E-state index in [9.17, 15) is 0 Å². The summed E-state index contributed by atoms with van der Waals surface area (Å²) in [5.74, 6) is 0. The Bertz CT molecular complexity index is 387.